The van der Waals surface area contributed by atoms with Gasteiger partial charge < -0.3 is 0 Å². The third-order valence-corrected chi connectivity index (χ3v) is 0. The maximum Gasteiger partial charge on any atom is 0.251 e. The topological polar surface area (TPSA) is 0 Å². The molecule has 24 valence electrons. The summed E-state index contributed by atoms with van der Waals surface area (Å²) in [4.78, 5) is 0. The molecule has 0 amide bonds. The Kier molecular flexibility index (Phi) is 2.06. The van der Waals surface area contributed by atoms with Crippen molar-refractivity contribution in [2.75, 3.05) is 0 Å². The average molecular weight is 53.1 g/mol. The summed E-state index contributed by atoms with van der Waals surface area (Å²) in [5.41, 5.74) is 0. The quantitative estimate of drug-likeness (QED) is 0.366. The summed E-state index contributed by atoms with van der Waals surface area (Å²) < 4.78 is 0. The molecule has 0 saturated carbocycles. The molecule has 0 aliphatic rings. The fourth-order valence-electron chi connectivity index (χ4n) is 0. The van der Waals surface area contributed by atoms with Gasteiger partial charge in [0, 0.05) is 0 Å². The highest BCUT2D eigenvalue weighted by molar-refractivity contribution is 6.54. The Hall–Kier alpha value is 0.532. The molecule has 1 heteroatoms. The maximum absolute atomic E-state index is 2.31. The van der Waals surface area contributed by atoms with E-state index in [1.807, 2.05) is 0 Å². The van der Waals surface area contributed by atoms with E-state index in [9.17, 15) is 0 Å². The fraction of sp³-hybridized carbons (Fsp3) is 1.00. The normalized spacial score (nSPS) is 6.75. The van der Waals surface area contributed by atoms with E-state index < -0.39 is 0 Å². The molecule has 0 unspecified atom stereocenters. The van der Waals surface area contributed by atoms with E-state index in [0.29, 0.717) is 0 Å². The van der Waals surface area contributed by atoms with Crippen LogP contribution in [0.5, 0.6) is 0 Å². The van der Waals surface area contributed by atoms with Gasteiger partial charge in [0.15, 0.2) is 0 Å². The van der Waals surface area contributed by atoms with Crippen molar-refractivity contribution in [3.05, 3.63) is 0 Å². The molecule has 0 bridgehead atoms. The van der Waals surface area contributed by atoms with Gasteiger partial charge in [-0.1, -0.05) is 0 Å². The van der Waals surface area contributed by atoms with Crippen molar-refractivity contribution in [3.8, 4) is 0 Å². The van der Waals surface area contributed by atoms with Gasteiger partial charge in [0.1, 0.15) is 0 Å². The first-order valence-corrected chi connectivity index (χ1v) is 5.20. The molecular weight excluding hydrogens is 44.0 g/mol. The average Bonchev–Trinajstić information content (AvgIpc) is 0.811. The first-order chi connectivity index (χ1) is 1.73. The van der Waals surface area contributed by atoms with E-state index in [0.717, 1.165) is 0 Å². The summed E-state index contributed by atoms with van der Waals surface area (Å²) >= 11 is -0.139. The minimum absolute atomic E-state index is 0.139. The largest absolute Gasteiger partial charge is 0.251 e. The Morgan fingerprint density at radius 1 is 1.00 bits per heavy atom. The predicted octanol–water partition coefficient (Wildman–Crippen LogP) is 1.37. The standard InChI is InChI=1S/3CH3.Al/h3*1H3;/i;;;1-19. The van der Waals surface area contributed by atoms with Crippen LogP contribution in [0.2, 0.25) is 17.4 Å². The van der Waals surface area contributed by atoms with Gasteiger partial charge in [-0.05, 0) is 0 Å². The van der Waals surface area contributed by atoms with E-state index in [1.165, 1.54) is 0 Å². The second-order valence-corrected chi connectivity index (χ2v) is 5.20. The summed E-state index contributed by atoms with van der Waals surface area (Å²) in [6.07, 6.45) is 0. The first kappa shape index (κ1) is 4.53. The Morgan fingerprint density at radius 2 is 1.00 bits per heavy atom. The maximum atomic E-state index is 2.31. The Morgan fingerprint density at radius 3 is 1.00 bits per heavy atom. The van der Waals surface area contributed by atoms with Crippen LogP contribution in [-0.2, 0) is 0 Å². The molecule has 0 aromatic carbocycles. The van der Waals surface area contributed by atoms with Gasteiger partial charge >= 0.3 is 0 Å². The monoisotopic (exact) mass is 53.1 g/mol. The van der Waals surface area contributed by atoms with Crippen LogP contribution >= 0.6 is 0 Å². The third-order valence-electron chi connectivity index (χ3n) is 0. The molecular formula is C3H9Al. The highest BCUT2D eigenvalue weighted by Crippen LogP contribution is 1.68. The van der Waals surface area contributed by atoms with E-state index >= 15 is 0 Å². The highest BCUT2D eigenvalue weighted by Gasteiger charge is 1.81. The number of rotatable bonds is 0. The molecule has 0 spiro atoms. The molecule has 0 fully saturated rings. The zero-order chi connectivity index (χ0) is 3.58. The van der Waals surface area contributed by atoms with Gasteiger partial charge in [0.2, 0.25) is 0 Å². The smallest absolute Gasteiger partial charge is 0.106 e. The third kappa shape index (κ3) is 21.0. The summed E-state index contributed by atoms with van der Waals surface area (Å²) in [5.74, 6) is 6.92. The SMILES string of the molecule is [CH3][8Al]([CH3])[CH3]. The van der Waals surface area contributed by atoms with Crippen molar-refractivity contribution in [1.82, 2.24) is 0 Å². The Labute approximate surface area is 32.2 Å². The van der Waals surface area contributed by atoms with Crippen molar-refractivity contribution in [2.24, 2.45) is 0 Å². The van der Waals surface area contributed by atoms with Crippen molar-refractivity contribution in [2.45, 2.75) is 17.4 Å². The zero-order valence-corrected chi connectivity index (χ0v) is 4.73. The molecule has 0 atom stereocenters. The van der Waals surface area contributed by atoms with Crippen LogP contribution in [0, 0.1) is 0 Å². The molecule has 4 heavy (non-hydrogen) atoms. The van der Waals surface area contributed by atoms with Gasteiger partial charge in [-0.3, -0.25) is 0 Å². The predicted molar refractivity (Wildman–Crippen MR) is 23.3 cm³/mol. The van der Waals surface area contributed by atoms with Gasteiger partial charge in [-0.2, -0.15) is 0 Å². The van der Waals surface area contributed by atoms with Gasteiger partial charge in [0.25, 0.3) is 14.1 Å². The van der Waals surface area contributed by atoms with Gasteiger partial charge in [-0.25, -0.2) is 0 Å². The second-order valence-electron chi connectivity index (χ2n) is 1.73. The van der Waals surface area contributed by atoms with Gasteiger partial charge in [-0.15, -0.1) is 17.4 Å². The summed E-state index contributed by atoms with van der Waals surface area (Å²) in [5, 5.41) is 0. The van der Waals surface area contributed by atoms with Crippen LogP contribution in [0.4, 0.5) is 0 Å². The van der Waals surface area contributed by atoms with Crippen LogP contribution in [0.1, 0.15) is 0 Å². The molecule has 0 nitrogen and oxygen atoms in total. The molecule has 0 aromatic rings. The van der Waals surface area contributed by atoms with Gasteiger partial charge in [0.05, 0.1) is 0 Å². The van der Waals surface area contributed by atoms with E-state index in [-0.39, 0.29) is 14.1 Å². The minimum atomic E-state index is -0.139. The zero-order valence-electron chi connectivity index (χ0n) is 3.58. The van der Waals surface area contributed by atoms with Crippen LogP contribution in [-0.4, -0.2) is 14.1 Å². The van der Waals surface area contributed by atoms with E-state index in [2.05, 4.69) is 17.4 Å². The van der Waals surface area contributed by atoms with Crippen molar-refractivity contribution < 1.29 is 0 Å². The van der Waals surface area contributed by atoms with Crippen molar-refractivity contribution in [3.63, 3.8) is 0 Å². The van der Waals surface area contributed by atoms with E-state index in [1.54, 1.807) is 0 Å². The molecule has 0 saturated heterocycles. The molecule has 0 aromatic heterocycles. The van der Waals surface area contributed by atoms with Crippen LogP contribution < -0.4 is 0 Å². The first-order valence-electron chi connectivity index (χ1n) is 1.73. The lowest BCUT2D eigenvalue weighted by Crippen LogP contribution is -1.84. The minimum Gasteiger partial charge on any atom is -0.106 e. The summed E-state index contributed by atoms with van der Waals surface area (Å²) in [6, 6.07) is 0. The van der Waals surface area contributed by atoms with Crippen LogP contribution in [0.3, 0.4) is 0 Å². The van der Waals surface area contributed by atoms with Crippen molar-refractivity contribution in [1.29, 1.82) is 0 Å². The highest BCUT2D eigenvalue weighted by atomic mass is 12.7. The molecule has 0 N–H and O–H groups in total. The van der Waals surface area contributed by atoms with Crippen molar-refractivity contribution >= 4 is 14.1 Å². The fourth-order valence-corrected chi connectivity index (χ4v) is 0. The molecule has 0 aliphatic heterocycles. The van der Waals surface area contributed by atoms with Crippen LogP contribution in [0.25, 0.3) is 0 Å². The molecule has 0 heterocycles. The molecule has 0 aliphatic carbocycles. The van der Waals surface area contributed by atoms with Crippen LogP contribution in [0.15, 0.2) is 0 Å². The Bertz CT molecular complexity index is 8.00. The summed E-state index contributed by atoms with van der Waals surface area (Å²) in [7, 11) is 0. The Balaban J connectivity index is 2.32. The van der Waals surface area contributed by atoms with E-state index in [4.69, 9.17) is 0 Å². The summed E-state index contributed by atoms with van der Waals surface area (Å²) in [6.45, 7) is 0. The molecule has 0 rings (SSSR count). The number of hydrogen-bond donors (Lipinski definition) is 0. The number of hydrogen-bond acceptors (Lipinski definition) is 0. The lowest BCUT2D eigenvalue weighted by atomic mass is 7.36. The lowest BCUT2D eigenvalue weighted by molar-refractivity contribution is 1.91. The second kappa shape index (κ2) is 1.82. The molecule has 0 radical (unpaired) electrons. The lowest BCUT2D eigenvalue weighted by Gasteiger charge is -1.67.